The number of aryl methyl sites for hydroxylation is 2. The fraction of sp³-hybridized carbons (Fsp3) is 0.200. The zero-order chi connectivity index (χ0) is 25.3. The molecule has 4 aromatic rings. The Labute approximate surface area is 210 Å². The normalized spacial score (nSPS) is 12.4. The molecular formula is C30H28N2O4. The summed E-state index contributed by atoms with van der Waals surface area (Å²) in [6.45, 7) is 4.69. The summed E-state index contributed by atoms with van der Waals surface area (Å²) >= 11 is 0. The number of hydrogen-bond acceptors (Lipinski definition) is 6. The minimum absolute atomic E-state index is 0.357. The Hall–Kier alpha value is -4.32. The van der Waals surface area contributed by atoms with Crippen molar-refractivity contribution in [3.63, 3.8) is 0 Å². The van der Waals surface area contributed by atoms with Gasteiger partial charge in [0.15, 0.2) is 0 Å². The van der Waals surface area contributed by atoms with Crippen LogP contribution in [0.15, 0.2) is 107 Å². The van der Waals surface area contributed by atoms with Crippen LogP contribution < -0.4 is 9.47 Å². The van der Waals surface area contributed by atoms with E-state index in [2.05, 4.69) is 10.4 Å². The predicted octanol–water partition coefficient (Wildman–Crippen LogP) is 7.47. The number of rotatable bonds is 11. The molecule has 2 unspecified atom stereocenters. The van der Waals surface area contributed by atoms with Crippen LogP contribution in [0, 0.1) is 23.7 Å². The molecule has 4 aromatic carbocycles. The molecule has 0 saturated heterocycles. The van der Waals surface area contributed by atoms with Gasteiger partial charge in [0.25, 0.3) is 0 Å². The standard InChI is InChI=1S/C30H28N2O4/c1-21-5-3-7-25(19-21)29(31-33)23-9-13-27(14-10-23)35-17-18-36-28-15-11-24(12-16-28)30(32-34)26-8-4-6-22(2)20-26/h3-16,19-20,29-30H,17-18H2,1-2H3. The van der Waals surface area contributed by atoms with Crippen molar-refractivity contribution < 1.29 is 9.47 Å². The lowest BCUT2D eigenvalue weighted by Gasteiger charge is -2.13. The molecule has 0 amide bonds. The summed E-state index contributed by atoms with van der Waals surface area (Å²) < 4.78 is 11.6. The van der Waals surface area contributed by atoms with Crippen molar-refractivity contribution in [1.82, 2.24) is 0 Å². The Morgan fingerprint density at radius 3 is 1.28 bits per heavy atom. The van der Waals surface area contributed by atoms with E-state index < -0.39 is 12.1 Å². The summed E-state index contributed by atoms with van der Waals surface area (Å²) in [7, 11) is 0. The molecule has 36 heavy (non-hydrogen) atoms. The maximum atomic E-state index is 11.5. The second-order valence-corrected chi connectivity index (χ2v) is 8.68. The van der Waals surface area contributed by atoms with Crippen molar-refractivity contribution >= 4 is 0 Å². The summed E-state index contributed by atoms with van der Waals surface area (Å²) in [5.74, 6) is 1.37. The van der Waals surface area contributed by atoms with Crippen molar-refractivity contribution in [2.45, 2.75) is 25.9 Å². The minimum Gasteiger partial charge on any atom is -0.490 e. The minimum atomic E-state index is -0.551. The zero-order valence-corrected chi connectivity index (χ0v) is 20.3. The van der Waals surface area contributed by atoms with E-state index >= 15 is 0 Å². The quantitative estimate of drug-likeness (QED) is 0.165. The van der Waals surface area contributed by atoms with Crippen LogP contribution in [0.3, 0.4) is 0 Å². The van der Waals surface area contributed by atoms with Crippen LogP contribution in [-0.4, -0.2) is 13.2 Å². The van der Waals surface area contributed by atoms with Gasteiger partial charge in [-0.25, -0.2) is 0 Å². The van der Waals surface area contributed by atoms with E-state index in [1.54, 1.807) is 0 Å². The van der Waals surface area contributed by atoms with Gasteiger partial charge in [-0.1, -0.05) is 94.3 Å². The van der Waals surface area contributed by atoms with Gasteiger partial charge in [0.1, 0.15) is 36.8 Å². The maximum Gasteiger partial charge on any atom is 0.142 e. The largest absolute Gasteiger partial charge is 0.490 e. The second kappa shape index (κ2) is 11.9. The molecule has 6 nitrogen and oxygen atoms in total. The van der Waals surface area contributed by atoms with Crippen molar-refractivity contribution in [2.24, 2.45) is 10.4 Å². The van der Waals surface area contributed by atoms with Crippen LogP contribution in [0.5, 0.6) is 11.5 Å². The van der Waals surface area contributed by atoms with Crippen LogP contribution in [-0.2, 0) is 0 Å². The number of ether oxygens (including phenoxy) is 2. The van der Waals surface area contributed by atoms with Crippen LogP contribution in [0.25, 0.3) is 0 Å². The molecule has 0 saturated carbocycles. The smallest absolute Gasteiger partial charge is 0.142 e. The summed E-state index contributed by atoms with van der Waals surface area (Å²) in [6, 6.07) is 29.2. The van der Waals surface area contributed by atoms with Gasteiger partial charge >= 0.3 is 0 Å². The summed E-state index contributed by atoms with van der Waals surface area (Å²) in [4.78, 5) is 23.0. The highest BCUT2D eigenvalue weighted by atomic mass is 16.5. The van der Waals surface area contributed by atoms with Gasteiger partial charge in [0.2, 0.25) is 0 Å². The summed E-state index contributed by atoms with van der Waals surface area (Å²) in [6.07, 6.45) is 0. The Balaban J connectivity index is 1.29. The second-order valence-electron chi connectivity index (χ2n) is 8.68. The molecule has 0 aliphatic heterocycles. The summed E-state index contributed by atoms with van der Waals surface area (Å²) in [5, 5.41) is 6.64. The highest BCUT2D eigenvalue weighted by Gasteiger charge is 2.16. The van der Waals surface area contributed by atoms with E-state index in [0.29, 0.717) is 24.7 Å². The van der Waals surface area contributed by atoms with Gasteiger partial charge in [-0.15, -0.1) is 9.81 Å². The van der Waals surface area contributed by atoms with E-state index in [1.807, 2.05) is 111 Å². The van der Waals surface area contributed by atoms with E-state index in [4.69, 9.17) is 9.47 Å². The van der Waals surface area contributed by atoms with Crippen molar-refractivity contribution in [2.75, 3.05) is 13.2 Å². The topological polar surface area (TPSA) is 77.3 Å². The molecule has 0 fully saturated rings. The first kappa shape index (κ1) is 24.8. The Morgan fingerprint density at radius 1 is 0.556 bits per heavy atom. The van der Waals surface area contributed by atoms with Gasteiger partial charge < -0.3 is 9.47 Å². The van der Waals surface area contributed by atoms with Gasteiger partial charge in [-0.2, -0.15) is 0 Å². The van der Waals surface area contributed by atoms with Crippen LogP contribution in [0.4, 0.5) is 0 Å². The van der Waals surface area contributed by atoms with Crippen LogP contribution in [0.1, 0.15) is 45.5 Å². The Morgan fingerprint density at radius 2 is 0.944 bits per heavy atom. The molecule has 2 atom stereocenters. The lowest BCUT2D eigenvalue weighted by Crippen LogP contribution is -2.09. The monoisotopic (exact) mass is 480 g/mol. The molecule has 182 valence electrons. The van der Waals surface area contributed by atoms with E-state index in [0.717, 1.165) is 33.4 Å². The molecule has 6 heteroatoms. The molecule has 0 radical (unpaired) electrons. The molecule has 0 spiro atoms. The third kappa shape index (κ3) is 6.21. The van der Waals surface area contributed by atoms with Crippen molar-refractivity contribution in [3.8, 4) is 11.5 Å². The molecule has 0 aromatic heterocycles. The highest BCUT2D eigenvalue weighted by molar-refractivity contribution is 5.38. The van der Waals surface area contributed by atoms with Gasteiger partial charge in [0.05, 0.1) is 0 Å². The van der Waals surface area contributed by atoms with Gasteiger partial charge in [-0.05, 0) is 60.4 Å². The average Bonchev–Trinajstić information content (AvgIpc) is 2.89. The molecule has 0 heterocycles. The van der Waals surface area contributed by atoms with Crippen molar-refractivity contribution in [1.29, 1.82) is 0 Å². The molecular weight excluding hydrogens is 452 g/mol. The maximum absolute atomic E-state index is 11.5. The molecule has 0 bridgehead atoms. The van der Waals surface area contributed by atoms with Gasteiger partial charge in [-0.3, -0.25) is 0 Å². The van der Waals surface area contributed by atoms with Crippen LogP contribution >= 0.6 is 0 Å². The fourth-order valence-corrected chi connectivity index (χ4v) is 4.12. The third-order valence-electron chi connectivity index (χ3n) is 5.94. The first-order valence-electron chi connectivity index (χ1n) is 11.8. The fourth-order valence-electron chi connectivity index (χ4n) is 4.12. The summed E-state index contributed by atoms with van der Waals surface area (Å²) in [5.41, 5.74) is 5.53. The predicted molar refractivity (Wildman–Crippen MR) is 142 cm³/mol. The average molecular weight is 481 g/mol. The van der Waals surface area contributed by atoms with E-state index in [9.17, 15) is 9.81 Å². The molecule has 4 rings (SSSR count). The zero-order valence-electron chi connectivity index (χ0n) is 20.3. The lowest BCUT2D eigenvalue weighted by molar-refractivity contribution is 0.217. The number of benzene rings is 4. The van der Waals surface area contributed by atoms with Crippen molar-refractivity contribution in [3.05, 3.63) is 140 Å². The Kier molecular flexibility index (Phi) is 8.19. The van der Waals surface area contributed by atoms with Crippen LogP contribution in [0.2, 0.25) is 0 Å². The third-order valence-corrected chi connectivity index (χ3v) is 5.94. The molecule has 0 aliphatic rings. The SMILES string of the molecule is Cc1cccc(C(N=O)c2ccc(OCCOc3ccc(C(N=O)c4cccc(C)c4)cc3)cc2)c1. The lowest BCUT2D eigenvalue weighted by atomic mass is 9.98. The molecule has 0 aliphatic carbocycles. The molecule has 0 N–H and O–H groups in total. The number of nitroso groups, excluding NO2 is 2. The number of nitrogens with zero attached hydrogens (tertiary/aromatic N) is 2. The Bertz CT molecular complexity index is 1200. The first-order valence-corrected chi connectivity index (χ1v) is 11.8. The van der Waals surface area contributed by atoms with Gasteiger partial charge in [0, 0.05) is 0 Å². The number of hydrogen-bond donors (Lipinski definition) is 0. The van der Waals surface area contributed by atoms with E-state index in [1.165, 1.54) is 0 Å². The van der Waals surface area contributed by atoms with E-state index in [-0.39, 0.29) is 0 Å². The highest BCUT2D eigenvalue weighted by Crippen LogP contribution is 2.29. The first-order chi connectivity index (χ1) is 17.6.